The molecule has 0 fully saturated rings. The Labute approximate surface area is 128 Å². The van der Waals surface area contributed by atoms with E-state index in [2.05, 4.69) is 10.6 Å². The van der Waals surface area contributed by atoms with Crippen LogP contribution in [0.4, 0.5) is 0 Å². The maximum atomic E-state index is 12.0. The van der Waals surface area contributed by atoms with Gasteiger partial charge in [-0.2, -0.15) is 0 Å². The molecule has 0 radical (unpaired) electrons. The van der Waals surface area contributed by atoms with Crippen LogP contribution in [0.25, 0.3) is 0 Å². The number of carbonyl (C=O) groups is 4. The Morgan fingerprint density at radius 1 is 1.00 bits per heavy atom. The summed E-state index contributed by atoms with van der Waals surface area (Å²) in [5, 5.41) is 4.69. The number of hydrogen-bond donors (Lipinski definition) is 6. The molecule has 1 unspecified atom stereocenters. The van der Waals surface area contributed by atoms with Crippen LogP contribution in [0.5, 0.6) is 0 Å². The lowest BCUT2D eigenvalue weighted by Gasteiger charge is -2.22. The number of primary amides is 1. The molecule has 0 aliphatic heterocycles. The van der Waals surface area contributed by atoms with Crippen LogP contribution in [0.2, 0.25) is 0 Å². The fraction of sp³-hybridized carbons (Fsp3) is 0.667. The Hall–Kier alpha value is -2.04. The summed E-state index contributed by atoms with van der Waals surface area (Å²) >= 11 is 0. The summed E-state index contributed by atoms with van der Waals surface area (Å²) in [6.07, 6.45) is -0.410. The number of hydrogen-bond acceptors (Lipinski definition) is 7. The maximum absolute atomic E-state index is 12.0. The molecular weight excluding hydrogens is 292 g/mol. The Morgan fingerprint density at radius 3 is 1.95 bits per heavy atom. The molecule has 10 nitrogen and oxygen atoms in total. The molecule has 0 spiro atoms. The molecule has 0 aromatic heterocycles. The number of carbonyl (C=O) groups excluding carboxylic acids is 4. The third kappa shape index (κ3) is 6.61. The summed E-state index contributed by atoms with van der Waals surface area (Å²) in [5.41, 5.74) is 21.2. The minimum Gasteiger partial charge on any atom is -0.370 e. The maximum Gasteiger partial charge on any atom is 0.242 e. The Balaban J connectivity index is 4.84. The van der Waals surface area contributed by atoms with Crippen LogP contribution in [-0.4, -0.2) is 54.2 Å². The third-order valence-corrected chi connectivity index (χ3v) is 2.85. The molecule has 0 saturated heterocycles. The van der Waals surface area contributed by atoms with Crippen molar-refractivity contribution in [3.8, 4) is 0 Å². The molecule has 126 valence electrons. The molecule has 0 rings (SSSR count). The van der Waals surface area contributed by atoms with Crippen LogP contribution < -0.4 is 33.6 Å². The second-order valence-electron chi connectivity index (χ2n) is 5.00. The molecule has 10 heteroatoms. The van der Waals surface area contributed by atoms with Crippen LogP contribution in [0, 0.1) is 0 Å². The molecule has 4 atom stereocenters. The van der Waals surface area contributed by atoms with Gasteiger partial charge in [0.1, 0.15) is 6.04 Å². The average molecular weight is 316 g/mol. The highest BCUT2D eigenvalue weighted by Gasteiger charge is 2.28. The smallest absolute Gasteiger partial charge is 0.242 e. The van der Waals surface area contributed by atoms with Gasteiger partial charge in [-0.1, -0.05) is 0 Å². The zero-order chi connectivity index (χ0) is 17.4. The highest BCUT2D eigenvalue weighted by atomic mass is 16.2. The minimum atomic E-state index is -1.20. The summed E-state index contributed by atoms with van der Waals surface area (Å²) in [5.74, 6) is -2.59. The fourth-order valence-corrected chi connectivity index (χ4v) is 1.51. The first kappa shape index (κ1) is 20.0. The largest absolute Gasteiger partial charge is 0.370 e. The molecule has 10 N–H and O–H groups in total. The lowest BCUT2D eigenvalue weighted by atomic mass is 10.0. The lowest BCUT2D eigenvalue weighted by Crippen LogP contribution is -2.56. The number of ketones is 1. The van der Waals surface area contributed by atoms with Gasteiger partial charge in [0.2, 0.25) is 17.7 Å². The highest BCUT2D eigenvalue weighted by Crippen LogP contribution is 1.98. The van der Waals surface area contributed by atoms with E-state index in [1.54, 1.807) is 0 Å². The first-order valence-electron chi connectivity index (χ1n) is 6.74. The second-order valence-corrected chi connectivity index (χ2v) is 5.00. The zero-order valence-electron chi connectivity index (χ0n) is 12.7. The molecule has 0 bridgehead atoms. The van der Waals surface area contributed by atoms with E-state index >= 15 is 0 Å². The van der Waals surface area contributed by atoms with E-state index < -0.39 is 54.1 Å². The van der Waals surface area contributed by atoms with Crippen molar-refractivity contribution in [3.05, 3.63) is 0 Å². The number of rotatable bonds is 9. The predicted octanol–water partition coefficient (Wildman–Crippen LogP) is -3.95. The van der Waals surface area contributed by atoms with E-state index in [4.69, 9.17) is 22.9 Å². The third-order valence-electron chi connectivity index (χ3n) is 2.85. The van der Waals surface area contributed by atoms with E-state index in [-0.39, 0.29) is 6.54 Å². The summed E-state index contributed by atoms with van der Waals surface area (Å²) in [7, 11) is 0. The average Bonchev–Trinajstić information content (AvgIpc) is 2.43. The van der Waals surface area contributed by atoms with E-state index in [9.17, 15) is 19.2 Å². The van der Waals surface area contributed by atoms with Crippen LogP contribution in [0.15, 0.2) is 0 Å². The van der Waals surface area contributed by atoms with Gasteiger partial charge in [0.25, 0.3) is 0 Å². The minimum absolute atomic E-state index is 0.138. The predicted molar refractivity (Wildman–Crippen MR) is 79.0 cm³/mol. The molecule has 0 aliphatic carbocycles. The molecule has 22 heavy (non-hydrogen) atoms. The van der Waals surface area contributed by atoms with Crippen LogP contribution in [0.3, 0.4) is 0 Å². The number of Topliss-reactive ketones (excluding diaryl/α,β-unsaturated/α-hetero) is 1. The summed E-state index contributed by atoms with van der Waals surface area (Å²) in [4.78, 5) is 46.3. The second kappa shape index (κ2) is 9.07. The molecule has 0 aromatic rings. The van der Waals surface area contributed by atoms with Gasteiger partial charge in [-0.25, -0.2) is 0 Å². The quantitative estimate of drug-likeness (QED) is 0.249. The molecule has 0 saturated carbocycles. The van der Waals surface area contributed by atoms with Crippen molar-refractivity contribution in [2.24, 2.45) is 22.9 Å². The normalized spacial score (nSPS) is 16.0. The van der Waals surface area contributed by atoms with Crippen LogP contribution >= 0.6 is 0 Å². The van der Waals surface area contributed by atoms with Crippen molar-refractivity contribution in [2.45, 2.75) is 44.4 Å². The van der Waals surface area contributed by atoms with E-state index in [1.165, 1.54) is 13.8 Å². The standard InChI is InChI=1S/C12H24N6O4/c1-5(14)11(21)17-6(2)12(22)18-8(3-9(16)19)10(20)7(15)4-13/h5-8H,3-4,13-15H2,1-2H3,(H2,16,19)(H,17,21)(H,18,22)/t5-,6-,7?,8-/m0/s1. The van der Waals surface area contributed by atoms with Gasteiger partial charge in [-0.3, -0.25) is 19.2 Å². The van der Waals surface area contributed by atoms with Crippen molar-refractivity contribution in [1.29, 1.82) is 0 Å². The van der Waals surface area contributed by atoms with Gasteiger partial charge in [0, 0.05) is 6.54 Å². The van der Waals surface area contributed by atoms with Crippen molar-refractivity contribution in [3.63, 3.8) is 0 Å². The summed E-state index contributed by atoms with van der Waals surface area (Å²) in [6, 6.07) is -3.96. The van der Waals surface area contributed by atoms with E-state index in [1.807, 2.05) is 0 Å². The molecule has 0 aliphatic rings. The van der Waals surface area contributed by atoms with Gasteiger partial charge in [-0.15, -0.1) is 0 Å². The van der Waals surface area contributed by atoms with Crippen molar-refractivity contribution in [2.75, 3.05) is 6.54 Å². The number of nitrogens with one attached hydrogen (secondary N) is 2. The van der Waals surface area contributed by atoms with Gasteiger partial charge in [0.05, 0.1) is 24.5 Å². The van der Waals surface area contributed by atoms with E-state index in [0.717, 1.165) is 0 Å². The first-order chi connectivity index (χ1) is 10.1. The summed E-state index contributed by atoms with van der Waals surface area (Å²) in [6.45, 7) is 2.73. The van der Waals surface area contributed by atoms with Crippen molar-refractivity contribution < 1.29 is 19.2 Å². The van der Waals surface area contributed by atoms with Crippen LogP contribution in [-0.2, 0) is 19.2 Å². The van der Waals surface area contributed by atoms with Gasteiger partial charge < -0.3 is 33.6 Å². The first-order valence-corrected chi connectivity index (χ1v) is 6.74. The SMILES string of the molecule is C[C@H](N)C(=O)N[C@@H](C)C(=O)N[C@@H](CC(N)=O)C(=O)C(N)CN. The van der Waals surface area contributed by atoms with Gasteiger partial charge >= 0.3 is 0 Å². The molecule has 3 amide bonds. The van der Waals surface area contributed by atoms with Crippen molar-refractivity contribution >= 4 is 23.5 Å². The van der Waals surface area contributed by atoms with Gasteiger partial charge in [-0.05, 0) is 13.8 Å². The monoisotopic (exact) mass is 316 g/mol. The Morgan fingerprint density at radius 2 is 1.55 bits per heavy atom. The lowest BCUT2D eigenvalue weighted by molar-refractivity contribution is -0.133. The zero-order valence-corrected chi connectivity index (χ0v) is 12.7. The Bertz CT molecular complexity index is 439. The molecule has 0 heterocycles. The highest BCUT2D eigenvalue weighted by molar-refractivity contribution is 5.97. The molecular formula is C12H24N6O4. The van der Waals surface area contributed by atoms with Crippen molar-refractivity contribution in [1.82, 2.24) is 10.6 Å². The molecule has 0 aromatic carbocycles. The number of nitrogens with two attached hydrogens (primary N) is 4. The van der Waals surface area contributed by atoms with Gasteiger partial charge in [0.15, 0.2) is 5.78 Å². The van der Waals surface area contributed by atoms with E-state index in [0.29, 0.717) is 0 Å². The fourth-order valence-electron chi connectivity index (χ4n) is 1.51. The van der Waals surface area contributed by atoms with Crippen LogP contribution in [0.1, 0.15) is 20.3 Å². The summed E-state index contributed by atoms with van der Waals surface area (Å²) < 4.78 is 0. The Kier molecular flexibility index (Phi) is 8.23. The number of amides is 3. The topological polar surface area (TPSA) is 196 Å².